The molecule has 30 heavy (non-hydrogen) atoms. The molecular formula is C22H22N2O5S. The normalized spacial score (nSPS) is 10.4. The molecule has 0 fully saturated rings. The van der Waals surface area contributed by atoms with E-state index in [1.165, 1.54) is 11.3 Å². The number of nitrogens with one attached hydrogen (secondary N) is 1. The Labute approximate surface area is 178 Å². The number of pyridine rings is 1. The number of benzene rings is 1. The van der Waals surface area contributed by atoms with Crippen LogP contribution in [0.1, 0.15) is 27.7 Å². The lowest BCUT2D eigenvalue weighted by atomic mass is 10.1. The second-order valence-corrected chi connectivity index (χ2v) is 7.51. The van der Waals surface area contributed by atoms with E-state index in [2.05, 4.69) is 10.3 Å². The summed E-state index contributed by atoms with van der Waals surface area (Å²) in [7, 11) is 0. The van der Waals surface area contributed by atoms with Crippen molar-refractivity contribution in [2.24, 2.45) is 0 Å². The largest absolute Gasteiger partial charge is 0.484 e. The number of rotatable bonds is 8. The van der Waals surface area contributed by atoms with E-state index in [9.17, 15) is 9.59 Å². The van der Waals surface area contributed by atoms with Gasteiger partial charge in [0.25, 0.3) is 5.91 Å². The van der Waals surface area contributed by atoms with Gasteiger partial charge >= 0.3 is 5.97 Å². The van der Waals surface area contributed by atoms with Gasteiger partial charge in [0.1, 0.15) is 16.5 Å². The Bertz CT molecular complexity index is 1020. The summed E-state index contributed by atoms with van der Waals surface area (Å²) in [5, 5.41) is 3.22. The topological polar surface area (TPSA) is 86.8 Å². The molecule has 2 heterocycles. The molecule has 0 unspecified atom stereocenters. The summed E-state index contributed by atoms with van der Waals surface area (Å²) >= 11 is 1.34. The Morgan fingerprint density at radius 1 is 1.07 bits per heavy atom. The average Bonchev–Trinajstić information content (AvgIpc) is 3.01. The SMILES string of the molecule is CCOC(=O)c1c(NC(=O)COc2ccc(Oc3ccccn3)cc2)sc(C)c1C. The Balaban J connectivity index is 1.57. The van der Waals surface area contributed by atoms with Crippen molar-refractivity contribution < 1.29 is 23.8 Å². The van der Waals surface area contributed by atoms with Crippen LogP contribution >= 0.6 is 11.3 Å². The molecule has 2 aromatic heterocycles. The number of hydrogen-bond donors (Lipinski definition) is 1. The minimum Gasteiger partial charge on any atom is -0.484 e. The van der Waals surface area contributed by atoms with Crippen LogP contribution in [0.5, 0.6) is 17.4 Å². The predicted octanol–water partition coefficient (Wildman–Crippen LogP) is 4.75. The number of hydrogen-bond acceptors (Lipinski definition) is 7. The first kappa shape index (κ1) is 21.3. The van der Waals surface area contributed by atoms with Crippen LogP contribution in [0.4, 0.5) is 5.00 Å². The van der Waals surface area contributed by atoms with Gasteiger partial charge in [-0.1, -0.05) is 6.07 Å². The zero-order valence-electron chi connectivity index (χ0n) is 16.9. The summed E-state index contributed by atoms with van der Waals surface area (Å²) in [5.41, 5.74) is 1.20. The number of aromatic nitrogens is 1. The molecule has 0 spiro atoms. The van der Waals surface area contributed by atoms with Crippen LogP contribution in [-0.2, 0) is 9.53 Å². The average molecular weight is 426 g/mol. The smallest absolute Gasteiger partial charge is 0.341 e. The van der Waals surface area contributed by atoms with Crippen molar-refractivity contribution >= 4 is 28.2 Å². The van der Waals surface area contributed by atoms with Gasteiger partial charge in [0, 0.05) is 17.1 Å². The van der Waals surface area contributed by atoms with Gasteiger partial charge in [-0.15, -0.1) is 11.3 Å². The molecule has 0 aliphatic heterocycles. The molecule has 3 rings (SSSR count). The fraction of sp³-hybridized carbons (Fsp3) is 0.227. The maximum absolute atomic E-state index is 12.3. The highest BCUT2D eigenvalue weighted by Gasteiger charge is 2.22. The van der Waals surface area contributed by atoms with Gasteiger partial charge in [-0.3, -0.25) is 4.79 Å². The monoisotopic (exact) mass is 426 g/mol. The highest BCUT2D eigenvalue weighted by Crippen LogP contribution is 2.33. The molecule has 1 amide bonds. The first-order valence-electron chi connectivity index (χ1n) is 9.36. The molecule has 0 aliphatic carbocycles. The molecule has 156 valence electrons. The summed E-state index contributed by atoms with van der Waals surface area (Å²) in [6, 6.07) is 12.3. The number of anilines is 1. The Morgan fingerprint density at radius 3 is 2.47 bits per heavy atom. The molecule has 8 heteroatoms. The van der Waals surface area contributed by atoms with Gasteiger partial charge in [-0.2, -0.15) is 0 Å². The molecule has 0 saturated heterocycles. The number of thiophene rings is 1. The van der Waals surface area contributed by atoms with Crippen molar-refractivity contribution in [2.75, 3.05) is 18.5 Å². The van der Waals surface area contributed by atoms with Gasteiger partial charge in [0.2, 0.25) is 5.88 Å². The van der Waals surface area contributed by atoms with Crippen molar-refractivity contribution in [2.45, 2.75) is 20.8 Å². The molecule has 3 aromatic rings. The lowest BCUT2D eigenvalue weighted by molar-refractivity contribution is -0.118. The Kier molecular flexibility index (Phi) is 7.03. The van der Waals surface area contributed by atoms with Crippen molar-refractivity contribution in [1.29, 1.82) is 0 Å². The number of amides is 1. The van der Waals surface area contributed by atoms with E-state index >= 15 is 0 Å². The van der Waals surface area contributed by atoms with E-state index in [1.54, 1.807) is 43.5 Å². The predicted molar refractivity (Wildman–Crippen MR) is 115 cm³/mol. The van der Waals surface area contributed by atoms with Crippen LogP contribution in [0.2, 0.25) is 0 Å². The van der Waals surface area contributed by atoms with Crippen LogP contribution in [0.15, 0.2) is 48.7 Å². The van der Waals surface area contributed by atoms with Gasteiger partial charge in [-0.05, 0) is 56.7 Å². The Hall–Kier alpha value is -3.39. The van der Waals surface area contributed by atoms with E-state index in [0.717, 1.165) is 10.4 Å². The lowest BCUT2D eigenvalue weighted by Gasteiger charge is -2.09. The van der Waals surface area contributed by atoms with Gasteiger partial charge < -0.3 is 19.5 Å². The molecular weight excluding hydrogens is 404 g/mol. The fourth-order valence-electron chi connectivity index (χ4n) is 2.61. The fourth-order valence-corrected chi connectivity index (χ4v) is 3.67. The molecule has 0 bridgehead atoms. The van der Waals surface area contributed by atoms with Crippen LogP contribution in [-0.4, -0.2) is 30.1 Å². The second kappa shape index (κ2) is 9.89. The van der Waals surface area contributed by atoms with Gasteiger partial charge in [-0.25, -0.2) is 9.78 Å². The van der Waals surface area contributed by atoms with Gasteiger partial charge in [0.05, 0.1) is 12.2 Å². The number of nitrogens with zero attached hydrogens (tertiary/aromatic N) is 1. The third-order valence-electron chi connectivity index (χ3n) is 4.17. The number of aryl methyl sites for hydroxylation is 1. The summed E-state index contributed by atoms with van der Waals surface area (Å²) in [6.07, 6.45) is 1.65. The van der Waals surface area contributed by atoms with Crippen molar-refractivity contribution in [1.82, 2.24) is 4.98 Å². The number of esters is 1. The third kappa shape index (κ3) is 5.36. The zero-order chi connectivity index (χ0) is 21.5. The summed E-state index contributed by atoms with van der Waals surface area (Å²) in [5.74, 6) is 0.802. The number of ether oxygens (including phenoxy) is 3. The minimum atomic E-state index is -0.445. The van der Waals surface area contributed by atoms with E-state index < -0.39 is 5.97 Å². The molecule has 7 nitrogen and oxygen atoms in total. The maximum Gasteiger partial charge on any atom is 0.341 e. The third-order valence-corrected chi connectivity index (χ3v) is 5.29. The van der Waals surface area contributed by atoms with E-state index in [0.29, 0.717) is 27.9 Å². The van der Waals surface area contributed by atoms with E-state index in [1.807, 2.05) is 26.0 Å². The molecule has 0 atom stereocenters. The van der Waals surface area contributed by atoms with E-state index in [-0.39, 0.29) is 19.1 Å². The number of carbonyl (C=O) groups is 2. The lowest BCUT2D eigenvalue weighted by Crippen LogP contribution is -2.21. The zero-order valence-corrected chi connectivity index (χ0v) is 17.7. The van der Waals surface area contributed by atoms with E-state index in [4.69, 9.17) is 14.2 Å². The second-order valence-electron chi connectivity index (χ2n) is 6.29. The standard InChI is InChI=1S/C22H22N2O5S/c1-4-27-22(26)20-14(2)15(3)30-21(20)24-18(25)13-28-16-8-10-17(11-9-16)29-19-7-5-6-12-23-19/h5-12H,4,13H2,1-3H3,(H,24,25). The summed E-state index contributed by atoms with van der Waals surface area (Å²) < 4.78 is 16.3. The molecule has 1 aromatic carbocycles. The van der Waals surface area contributed by atoms with Crippen LogP contribution in [0.3, 0.4) is 0 Å². The van der Waals surface area contributed by atoms with Crippen molar-refractivity contribution in [3.8, 4) is 17.4 Å². The van der Waals surface area contributed by atoms with Crippen molar-refractivity contribution in [3.05, 3.63) is 64.7 Å². The summed E-state index contributed by atoms with van der Waals surface area (Å²) in [6.45, 7) is 5.54. The first-order chi connectivity index (χ1) is 14.5. The molecule has 0 saturated carbocycles. The summed E-state index contributed by atoms with van der Waals surface area (Å²) in [4.78, 5) is 29.6. The minimum absolute atomic E-state index is 0.196. The van der Waals surface area contributed by atoms with Gasteiger partial charge in [0.15, 0.2) is 6.61 Å². The first-order valence-corrected chi connectivity index (χ1v) is 10.2. The molecule has 1 N–H and O–H groups in total. The molecule has 0 radical (unpaired) electrons. The van der Waals surface area contributed by atoms with Crippen LogP contribution in [0.25, 0.3) is 0 Å². The highest BCUT2D eigenvalue weighted by atomic mass is 32.1. The number of carbonyl (C=O) groups excluding carboxylic acids is 2. The van der Waals surface area contributed by atoms with Crippen LogP contribution < -0.4 is 14.8 Å². The Morgan fingerprint density at radius 2 is 1.80 bits per heavy atom. The van der Waals surface area contributed by atoms with Crippen LogP contribution in [0, 0.1) is 13.8 Å². The maximum atomic E-state index is 12.3. The highest BCUT2D eigenvalue weighted by molar-refractivity contribution is 7.16. The quantitative estimate of drug-likeness (QED) is 0.523. The van der Waals surface area contributed by atoms with Crippen molar-refractivity contribution in [3.63, 3.8) is 0 Å². The molecule has 0 aliphatic rings.